The molecule has 6 heteroatoms. The van der Waals surface area contributed by atoms with Crippen LogP contribution in [0.2, 0.25) is 0 Å². The van der Waals surface area contributed by atoms with Gasteiger partial charge in [0.2, 0.25) is 0 Å². The summed E-state index contributed by atoms with van der Waals surface area (Å²) >= 11 is 0. The lowest BCUT2D eigenvalue weighted by molar-refractivity contribution is 0.101. The van der Waals surface area contributed by atoms with Crippen LogP contribution in [0.3, 0.4) is 0 Å². The van der Waals surface area contributed by atoms with Gasteiger partial charge in [-0.1, -0.05) is 36.4 Å². The van der Waals surface area contributed by atoms with Crippen LogP contribution in [0.4, 0.5) is 11.4 Å². The van der Waals surface area contributed by atoms with E-state index in [2.05, 4.69) is 15.6 Å². The minimum Gasteiger partial charge on any atom is -0.323 e. The van der Waals surface area contributed by atoms with Crippen molar-refractivity contribution < 1.29 is 9.59 Å². The standard InChI is InChI=1S/C22H22N4O2/c1-15-9-5-6-12-17(15)24-21(27)19-18-13-7-8-14-26(18)20(25-19)22(28)23-16-10-3-2-4-11-16/h2-6,9-12H,7-8,13-14H2,1H3,(H,23,28)(H,24,27). The molecule has 0 unspecified atom stereocenters. The van der Waals surface area contributed by atoms with Gasteiger partial charge in [0.1, 0.15) is 0 Å². The van der Waals surface area contributed by atoms with Crippen LogP contribution in [0.5, 0.6) is 0 Å². The van der Waals surface area contributed by atoms with Crippen molar-refractivity contribution in [1.82, 2.24) is 9.55 Å². The lowest BCUT2D eigenvalue weighted by Crippen LogP contribution is -2.21. The van der Waals surface area contributed by atoms with Crippen LogP contribution >= 0.6 is 0 Å². The van der Waals surface area contributed by atoms with Crippen LogP contribution in [0, 0.1) is 6.92 Å². The van der Waals surface area contributed by atoms with Crippen molar-refractivity contribution in [2.24, 2.45) is 0 Å². The van der Waals surface area contributed by atoms with Crippen molar-refractivity contribution in [1.29, 1.82) is 0 Å². The molecule has 2 heterocycles. The largest absolute Gasteiger partial charge is 0.323 e. The maximum Gasteiger partial charge on any atom is 0.291 e. The van der Waals surface area contributed by atoms with E-state index >= 15 is 0 Å². The van der Waals surface area contributed by atoms with Crippen molar-refractivity contribution in [3.05, 3.63) is 77.4 Å². The van der Waals surface area contributed by atoms with Gasteiger partial charge in [0.25, 0.3) is 11.8 Å². The smallest absolute Gasteiger partial charge is 0.291 e. The van der Waals surface area contributed by atoms with Gasteiger partial charge in [-0.15, -0.1) is 0 Å². The van der Waals surface area contributed by atoms with Gasteiger partial charge in [-0.25, -0.2) is 4.98 Å². The number of nitrogens with one attached hydrogen (secondary N) is 2. The summed E-state index contributed by atoms with van der Waals surface area (Å²) in [6, 6.07) is 16.9. The molecule has 0 fully saturated rings. The quantitative estimate of drug-likeness (QED) is 0.724. The molecule has 6 nitrogen and oxygen atoms in total. The molecule has 142 valence electrons. The molecule has 4 rings (SSSR count). The third-order valence-corrected chi connectivity index (χ3v) is 4.96. The Morgan fingerprint density at radius 1 is 0.929 bits per heavy atom. The maximum absolute atomic E-state index is 12.9. The van der Waals surface area contributed by atoms with E-state index in [1.807, 2.05) is 66.1 Å². The number of aryl methyl sites for hydroxylation is 1. The number of hydrogen-bond acceptors (Lipinski definition) is 3. The number of carbonyl (C=O) groups excluding carboxylic acids is 2. The number of carbonyl (C=O) groups is 2. The van der Waals surface area contributed by atoms with E-state index in [0.717, 1.165) is 36.2 Å². The number of hydrogen-bond donors (Lipinski definition) is 2. The van der Waals surface area contributed by atoms with Gasteiger partial charge in [0.15, 0.2) is 11.5 Å². The maximum atomic E-state index is 12.9. The zero-order valence-electron chi connectivity index (χ0n) is 15.7. The van der Waals surface area contributed by atoms with Gasteiger partial charge in [-0.3, -0.25) is 9.59 Å². The number of benzene rings is 2. The Labute approximate surface area is 163 Å². The van der Waals surface area contributed by atoms with E-state index in [9.17, 15) is 9.59 Å². The average Bonchev–Trinajstić information content (AvgIpc) is 3.10. The minimum absolute atomic E-state index is 0.279. The molecule has 2 aromatic carbocycles. The first-order chi connectivity index (χ1) is 13.6. The minimum atomic E-state index is -0.302. The van der Waals surface area contributed by atoms with E-state index in [-0.39, 0.29) is 17.6 Å². The van der Waals surface area contributed by atoms with Crippen molar-refractivity contribution in [3.8, 4) is 0 Å². The van der Waals surface area contributed by atoms with Crippen LogP contribution in [0.25, 0.3) is 0 Å². The highest BCUT2D eigenvalue weighted by molar-refractivity contribution is 6.07. The van der Waals surface area contributed by atoms with E-state index < -0.39 is 0 Å². The van der Waals surface area contributed by atoms with E-state index in [1.54, 1.807) is 0 Å². The molecule has 0 spiro atoms. The van der Waals surface area contributed by atoms with Crippen molar-refractivity contribution in [3.63, 3.8) is 0 Å². The van der Waals surface area contributed by atoms with Gasteiger partial charge in [0.05, 0.1) is 5.69 Å². The lowest BCUT2D eigenvalue weighted by Gasteiger charge is -2.17. The molecular formula is C22H22N4O2. The molecule has 2 amide bonds. The summed E-state index contributed by atoms with van der Waals surface area (Å²) < 4.78 is 1.88. The SMILES string of the molecule is Cc1ccccc1NC(=O)c1nc(C(=O)Nc2ccccc2)n2c1CCCC2. The third kappa shape index (κ3) is 3.53. The van der Waals surface area contributed by atoms with Gasteiger partial charge in [0, 0.05) is 17.9 Å². The van der Waals surface area contributed by atoms with Crippen molar-refractivity contribution in [2.75, 3.05) is 10.6 Å². The molecule has 0 atom stereocenters. The summed E-state index contributed by atoms with van der Waals surface area (Å²) in [7, 11) is 0. The van der Waals surface area contributed by atoms with Crippen molar-refractivity contribution >= 4 is 23.2 Å². The molecule has 28 heavy (non-hydrogen) atoms. The van der Waals surface area contributed by atoms with Crippen molar-refractivity contribution in [2.45, 2.75) is 32.7 Å². The zero-order chi connectivity index (χ0) is 19.5. The second kappa shape index (κ2) is 7.68. The Morgan fingerprint density at radius 3 is 2.46 bits per heavy atom. The summed E-state index contributed by atoms with van der Waals surface area (Å²) in [6.45, 7) is 2.63. The third-order valence-electron chi connectivity index (χ3n) is 4.96. The fraction of sp³-hybridized carbons (Fsp3) is 0.227. The van der Waals surface area contributed by atoms with Crippen LogP contribution in [-0.2, 0) is 13.0 Å². The Balaban J connectivity index is 1.64. The van der Waals surface area contributed by atoms with Gasteiger partial charge in [-0.05, 0) is 49.9 Å². The first-order valence-corrected chi connectivity index (χ1v) is 9.46. The second-order valence-electron chi connectivity index (χ2n) is 6.93. The molecule has 1 aliphatic heterocycles. The summed E-state index contributed by atoms with van der Waals surface area (Å²) in [6.07, 6.45) is 2.69. The summed E-state index contributed by atoms with van der Waals surface area (Å²) in [5.74, 6) is -0.295. The normalized spacial score (nSPS) is 12.9. The number of nitrogens with zero attached hydrogens (tertiary/aromatic N) is 2. The fourth-order valence-corrected chi connectivity index (χ4v) is 3.50. The number of fused-ring (bicyclic) bond motifs is 1. The zero-order valence-corrected chi connectivity index (χ0v) is 15.7. The highest BCUT2D eigenvalue weighted by atomic mass is 16.2. The molecule has 0 saturated heterocycles. The van der Waals surface area contributed by atoms with Gasteiger partial charge >= 0.3 is 0 Å². The highest BCUT2D eigenvalue weighted by Gasteiger charge is 2.27. The van der Waals surface area contributed by atoms with Crippen LogP contribution in [0.1, 0.15) is 45.2 Å². The summed E-state index contributed by atoms with van der Waals surface area (Å²) in [4.78, 5) is 30.2. The van der Waals surface area contributed by atoms with E-state index in [4.69, 9.17) is 0 Å². The number of imidazole rings is 1. The first-order valence-electron chi connectivity index (χ1n) is 9.46. The van der Waals surface area contributed by atoms with Crippen LogP contribution in [0.15, 0.2) is 54.6 Å². The number of anilines is 2. The number of rotatable bonds is 4. The number of amides is 2. The molecule has 0 aliphatic carbocycles. The fourth-order valence-electron chi connectivity index (χ4n) is 3.50. The highest BCUT2D eigenvalue weighted by Crippen LogP contribution is 2.23. The molecule has 0 bridgehead atoms. The monoisotopic (exact) mass is 374 g/mol. The van der Waals surface area contributed by atoms with Gasteiger partial charge < -0.3 is 15.2 Å². The second-order valence-corrected chi connectivity index (χ2v) is 6.93. The molecule has 0 radical (unpaired) electrons. The summed E-state index contributed by atoms with van der Waals surface area (Å²) in [5, 5.41) is 5.80. The predicted molar refractivity (Wildman–Crippen MR) is 109 cm³/mol. The molecule has 1 aliphatic rings. The number of para-hydroxylation sites is 2. The number of aromatic nitrogens is 2. The Bertz CT molecular complexity index is 1020. The van der Waals surface area contributed by atoms with Crippen LogP contribution < -0.4 is 10.6 Å². The van der Waals surface area contributed by atoms with E-state index in [1.165, 1.54) is 0 Å². The molecule has 2 N–H and O–H groups in total. The average molecular weight is 374 g/mol. The van der Waals surface area contributed by atoms with E-state index in [0.29, 0.717) is 17.9 Å². The molecule has 0 saturated carbocycles. The molecule has 1 aromatic heterocycles. The van der Waals surface area contributed by atoms with Crippen LogP contribution in [-0.4, -0.2) is 21.4 Å². The summed E-state index contributed by atoms with van der Waals surface area (Å²) in [5.41, 5.74) is 3.59. The Hall–Kier alpha value is -3.41. The Kier molecular flexibility index (Phi) is 4.93. The molecular weight excluding hydrogens is 352 g/mol. The molecule has 3 aromatic rings. The topological polar surface area (TPSA) is 76.0 Å². The van der Waals surface area contributed by atoms with Gasteiger partial charge in [-0.2, -0.15) is 0 Å². The lowest BCUT2D eigenvalue weighted by atomic mass is 10.1. The predicted octanol–water partition coefficient (Wildman–Crippen LogP) is 4.03. The Morgan fingerprint density at radius 2 is 1.68 bits per heavy atom. The first kappa shape index (κ1) is 18.0.